The van der Waals surface area contributed by atoms with Crippen LogP contribution in [0.25, 0.3) is 0 Å². The Labute approximate surface area is 117 Å². The summed E-state index contributed by atoms with van der Waals surface area (Å²) in [4.78, 5) is 11.0. The molecule has 1 heterocycles. The first-order valence-corrected chi connectivity index (χ1v) is 8.07. The first-order chi connectivity index (χ1) is 8.86. The monoisotopic (exact) mass is 306 g/mol. The minimum atomic E-state index is -3.61. The average molecular weight is 306 g/mol. The largest absolute Gasteiger partial charge is 0.469 e. The van der Waals surface area contributed by atoms with Crippen LogP contribution in [-0.4, -0.2) is 39.4 Å². The molecule has 1 atom stereocenters. The molecule has 1 aromatic heterocycles. The third kappa shape index (κ3) is 4.90. The van der Waals surface area contributed by atoms with Gasteiger partial charge in [-0.3, -0.25) is 4.79 Å². The van der Waals surface area contributed by atoms with Crippen molar-refractivity contribution in [1.29, 1.82) is 0 Å². The molecular weight excluding hydrogens is 288 g/mol. The summed E-state index contributed by atoms with van der Waals surface area (Å²) in [7, 11) is -0.915. The maximum Gasteiger partial charge on any atom is 0.306 e. The second-order valence-electron chi connectivity index (χ2n) is 4.05. The van der Waals surface area contributed by atoms with Gasteiger partial charge in [0.25, 0.3) is 10.2 Å². The summed E-state index contributed by atoms with van der Waals surface area (Å²) in [5, 5.41) is 3.78. The van der Waals surface area contributed by atoms with E-state index in [-0.39, 0.29) is 19.0 Å². The second-order valence-corrected chi connectivity index (χ2v) is 6.64. The van der Waals surface area contributed by atoms with E-state index in [1.165, 1.54) is 25.5 Å². The SMILES string of the molecule is COC(=O)CCN(C)S(=O)(=O)NC(C)c1ccsc1. The van der Waals surface area contributed by atoms with Gasteiger partial charge in [-0.2, -0.15) is 28.8 Å². The molecule has 8 heteroatoms. The van der Waals surface area contributed by atoms with Crippen molar-refractivity contribution in [2.75, 3.05) is 20.7 Å². The maximum atomic E-state index is 12.0. The lowest BCUT2D eigenvalue weighted by Crippen LogP contribution is -2.40. The van der Waals surface area contributed by atoms with E-state index < -0.39 is 16.2 Å². The lowest BCUT2D eigenvalue weighted by molar-refractivity contribution is -0.140. The van der Waals surface area contributed by atoms with Crippen LogP contribution in [0.15, 0.2) is 16.8 Å². The predicted octanol–water partition coefficient (Wildman–Crippen LogP) is 1.14. The third-order valence-electron chi connectivity index (χ3n) is 2.64. The fourth-order valence-corrected chi connectivity index (χ4v) is 3.22. The highest BCUT2D eigenvalue weighted by atomic mass is 32.2. The number of methoxy groups -OCH3 is 1. The molecule has 108 valence electrons. The first kappa shape index (κ1) is 16.1. The van der Waals surface area contributed by atoms with Crippen LogP contribution in [0.2, 0.25) is 0 Å². The van der Waals surface area contributed by atoms with Gasteiger partial charge in [-0.1, -0.05) is 0 Å². The van der Waals surface area contributed by atoms with Crippen LogP contribution in [0.3, 0.4) is 0 Å². The Hall–Kier alpha value is -0.960. The molecule has 0 saturated heterocycles. The smallest absolute Gasteiger partial charge is 0.306 e. The van der Waals surface area contributed by atoms with E-state index >= 15 is 0 Å². The lowest BCUT2D eigenvalue weighted by Gasteiger charge is -2.20. The van der Waals surface area contributed by atoms with Crippen molar-refractivity contribution in [1.82, 2.24) is 9.03 Å². The Balaban J connectivity index is 2.57. The number of thiophene rings is 1. The average Bonchev–Trinajstić information content (AvgIpc) is 2.88. The first-order valence-electron chi connectivity index (χ1n) is 5.69. The van der Waals surface area contributed by atoms with E-state index in [1.54, 1.807) is 6.92 Å². The van der Waals surface area contributed by atoms with Gasteiger partial charge in [-0.25, -0.2) is 0 Å². The normalized spacial score (nSPS) is 13.5. The molecule has 1 unspecified atom stereocenters. The van der Waals surface area contributed by atoms with Crippen molar-refractivity contribution >= 4 is 27.5 Å². The fraction of sp³-hybridized carbons (Fsp3) is 0.545. The molecule has 0 saturated carbocycles. The number of ether oxygens (including phenoxy) is 1. The Bertz CT molecular complexity index is 499. The van der Waals surface area contributed by atoms with E-state index in [1.807, 2.05) is 16.8 Å². The number of esters is 1. The van der Waals surface area contributed by atoms with Crippen LogP contribution in [-0.2, 0) is 19.7 Å². The zero-order valence-electron chi connectivity index (χ0n) is 11.1. The highest BCUT2D eigenvalue weighted by molar-refractivity contribution is 7.87. The minimum Gasteiger partial charge on any atom is -0.469 e. The summed E-state index contributed by atoms with van der Waals surface area (Å²) >= 11 is 1.51. The summed E-state index contributed by atoms with van der Waals surface area (Å²) in [5.41, 5.74) is 0.912. The molecule has 1 rings (SSSR count). The van der Waals surface area contributed by atoms with Crippen molar-refractivity contribution in [3.63, 3.8) is 0 Å². The summed E-state index contributed by atoms with van der Waals surface area (Å²) in [6, 6.07) is 1.56. The Morgan fingerprint density at radius 1 is 1.58 bits per heavy atom. The zero-order chi connectivity index (χ0) is 14.5. The van der Waals surface area contributed by atoms with E-state index in [0.29, 0.717) is 0 Å². The van der Waals surface area contributed by atoms with Gasteiger partial charge in [-0.05, 0) is 29.3 Å². The van der Waals surface area contributed by atoms with Crippen LogP contribution in [0, 0.1) is 0 Å². The van der Waals surface area contributed by atoms with E-state index in [9.17, 15) is 13.2 Å². The molecule has 1 N–H and O–H groups in total. The van der Waals surface area contributed by atoms with Gasteiger partial charge in [0.2, 0.25) is 0 Å². The molecule has 0 aliphatic carbocycles. The molecule has 19 heavy (non-hydrogen) atoms. The highest BCUT2D eigenvalue weighted by Gasteiger charge is 2.21. The van der Waals surface area contributed by atoms with Crippen LogP contribution in [0.5, 0.6) is 0 Å². The Morgan fingerprint density at radius 3 is 2.79 bits per heavy atom. The third-order valence-corrected chi connectivity index (χ3v) is 4.99. The quantitative estimate of drug-likeness (QED) is 0.766. The van der Waals surface area contributed by atoms with Crippen molar-refractivity contribution in [3.8, 4) is 0 Å². The van der Waals surface area contributed by atoms with Crippen molar-refractivity contribution in [2.24, 2.45) is 0 Å². The molecule has 0 fully saturated rings. The van der Waals surface area contributed by atoms with Crippen molar-refractivity contribution in [3.05, 3.63) is 22.4 Å². The highest BCUT2D eigenvalue weighted by Crippen LogP contribution is 2.17. The molecule has 6 nitrogen and oxygen atoms in total. The molecule has 1 aromatic rings. The van der Waals surface area contributed by atoms with Gasteiger partial charge in [0.15, 0.2) is 0 Å². The van der Waals surface area contributed by atoms with Crippen LogP contribution in [0.4, 0.5) is 0 Å². The summed E-state index contributed by atoms with van der Waals surface area (Å²) < 4.78 is 32.1. The van der Waals surface area contributed by atoms with Crippen molar-refractivity contribution in [2.45, 2.75) is 19.4 Å². The molecule has 0 aromatic carbocycles. The molecule has 0 amide bonds. The van der Waals surface area contributed by atoms with Gasteiger partial charge in [0.1, 0.15) is 0 Å². The van der Waals surface area contributed by atoms with Crippen LogP contribution >= 0.6 is 11.3 Å². The Morgan fingerprint density at radius 2 is 2.26 bits per heavy atom. The van der Waals surface area contributed by atoms with E-state index in [0.717, 1.165) is 9.87 Å². The van der Waals surface area contributed by atoms with E-state index in [4.69, 9.17) is 0 Å². The van der Waals surface area contributed by atoms with Crippen LogP contribution in [0.1, 0.15) is 24.9 Å². The number of hydrogen-bond acceptors (Lipinski definition) is 5. The number of carbonyl (C=O) groups is 1. The van der Waals surface area contributed by atoms with Gasteiger partial charge >= 0.3 is 5.97 Å². The number of hydrogen-bond donors (Lipinski definition) is 1. The van der Waals surface area contributed by atoms with Gasteiger partial charge < -0.3 is 4.74 Å². The molecule has 0 aliphatic rings. The Kier molecular flexibility index (Phi) is 5.92. The van der Waals surface area contributed by atoms with Gasteiger partial charge in [0, 0.05) is 19.6 Å². The van der Waals surface area contributed by atoms with E-state index in [2.05, 4.69) is 9.46 Å². The topological polar surface area (TPSA) is 75.7 Å². The summed E-state index contributed by atoms with van der Waals surface area (Å²) in [5.74, 6) is -0.437. The predicted molar refractivity (Wildman–Crippen MR) is 74.1 cm³/mol. The standard InChI is InChI=1S/C11H18N2O4S2/c1-9(10-5-7-18-8-10)12-19(15,16)13(2)6-4-11(14)17-3/h5,7-9,12H,4,6H2,1-3H3. The zero-order valence-corrected chi connectivity index (χ0v) is 12.8. The number of nitrogens with zero attached hydrogens (tertiary/aromatic N) is 1. The number of nitrogens with one attached hydrogen (secondary N) is 1. The molecule has 0 spiro atoms. The van der Waals surface area contributed by atoms with Gasteiger partial charge in [0.05, 0.1) is 13.5 Å². The van der Waals surface area contributed by atoms with Crippen molar-refractivity contribution < 1.29 is 17.9 Å². The molecule has 0 bridgehead atoms. The molecular formula is C11H18N2O4S2. The van der Waals surface area contributed by atoms with Gasteiger partial charge in [-0.15, -0.1) is 0 Å². The number of rotatable bonds is 7. The summed E-state index contributed by atoms with van der Waals surface area (Å²) in [6.07, 6.45) is 0.0285. The minimum absolute atomic E-state index is 0.0285. The lowest BCUT2D eigenvalue weighted by atomic mass is 10.2. The summed E-state index contributed by atoms with van der Waals surface area (Å²) in [6.45, 7) is 1.85. The fourth-order valence-electron chi connectivity index (χ4n) is 1.37. The molecule has 0 aliphatic heterocycles. The second kappa shape index (κ2) is 6.99. The van der Waals surface area contributed by atoms with Crippen LogP contribution < -0.4 is 4.72 Å². The maximum absolute atomic E-state index is 12.0. The number of carbonyl (C=O) groups excluding carboxylic acids is 1. The molecule has 0 radical (unpaired) electrons.